The van der Waals surface area contributed by atoms with Gasteiger partial charge in [-0.05, 0) is 51.5 Å². The highest BCUT2D eigenvalue weighted by molar-refractivity contribution is 9.10. The second-order valence-corrected chi connectivity index (χ2v) is 7.37. The molecule has 1 aromatic carbocycles. The zero-order chi connectivity index (χ0) is 19.6. The first-order chi connectivity index (χ1) is 12.9. The van der Waals surface area contributed by atoms with Crippen molar-refractivity contribution in [1.82, 2.24) is 14.8 Å². The number of carboxylic acid groups (broad SMARTS) is 1. The fraction of sp³-hybridized carbons (Fsp3) is 0.316. The van der Waals surface area contributed by atoms with E-state index in [4.69, 9.17) is 0 Å². The second kappa shape index (κ2) is 7.96. The molecule has 7 nitrogen and oxygen atoms in total. The van der Waals surface area contributed by atoms with Crippen molar-refractivity contribution in [2.75, 3.05) is 20.1 Å². The summed E-state index contributed by atoms with van der Waals surface area (Å²) in [4.78, 5) is 37.1. The lowest BCUT2D eigenvalue weighted by Gasteiger charge is -2.15. The van der Waals surface area contributed by atoms with Gasteiger partial charge in [-0.3, -0.25) is 9.59 Å². The van der Waals surface area contributed by atoms with Crippen molar-refractivity contribution in [1.29, 1.82) is 0 Å². The van der Waals surface area contributed by atoms with Gasteiger partial charge in [0.05, 0.1) is 6.54 Å². The third kappa shape index (κ3) is 4.21. The Bertz CT molecular complexity index is 954. The lowest BCUT2D eigenvalue weighted by atomic mass is 10.00. The monoisotopic (exact) mass is 433 g/mol. The molecular formula is C19H20BrN3O4. The number of benzene rings is 1. The van der Waals surface area contributed by atoms with Crippen LogP contribution in [-0.4, -0.2) is 46.7 Å². The summed E-state index contributed by atoms with van der Waals surface area (Å²) in [5, 5.41) is 11.7. The number of hydrogen-bond donors (Lipinski definition) is 2. The van der Waals surface area contributed by atoms with Gasteiger partial charge in [-0.25, -0.2) is 4.79 Å². The Balaban J connectivity index is 1.88. The topological polar surface area (TPSA) is 91.6 Å². The number of carbonyl (C=O) groups is 2. The molecule has 8 heteroatoms. The van der Waals surface area contributed by atoms with E-state index in [2.05, 4.69) is 21.2 Å². The minimum atomic E-state index is -0.898. The highest BCUT2D eigenvalue weighted by Gasteiger charge is 2.18. The smallest absolute Gasteiger partial charge is 0.407 e. The van der Waals surface area contributed by atoms with Crippen LogP contribution in [0.5, 0.6) is 0 Å². The van der Waals surface area contributed by atoms with Crippen LogP contribution in [0.2, 0.25) is 0 Å². The van der Waals surface area contributed by atoms with Crippen LogP contribution in [0.3, 0.4) is 0 Å². The molecule has 142 valence electrons. The summed E-state index contributed by atoms with van der Waals surface area (Å²) in [7, 11) is 1.49. The number of hydrogen-bond acceptors (Lipinski definition) is 3. The van der Waals surface area contributed by atoms with Gasteiger partial charge in [-0.15, -0.1) is 0 Å². The number of nitrogens with one attached hydrogen (secondary N) is 1. The van der Waals surface area contributed by atoms with Gasteiger partial charge in [0.25, 0.3) is 11.5 Å². The molecule has 1 aliphatic rings. The average molecular weight is 434 g/mol. The summed E-state index contributed by atoms with van der Waals surface area (Å²) < 4.78 is 2.14. The lowest BCUT2D eigenvalue weighted by Crippen LogP contribution is -2.31. The van der Waals surface area contributed by atoms with Crippen LogP contribution in [-0.2, 0) is 19.4 Å². The van der Waals surface area contributed by atoms with E-state index in [-0.39, 0.29) is 11.1 Å². The Morgan fingerprint density at radius 3 is 2.56 bits per heavy atom. The molecule has 1 aromatic heterocycles. The van der Waals surface area contributed by atoms with E-state index >= 15 is 0 Å². The van der Waals surface area contributed by atoms with Crippen molar-refractivity contribution in [3.05, 3.63) is 67.5 Å². The first-order valence-electron chi connectivity index (χ1n) is 8.59. The Labute approximate surface area is 164 Å². The number of rotatable bonds is 3. The van der Waals surface area contributed by atoms with Crippen LogP contribution in [0.15, 0.2) is 39.7 Å². The maximum atomic E-state index is 12.6. The predicted octanol–water partition coefficient (Wildman–Crippen LogP) is 2.10. The van der Waals surface area contributed by atoms with Crippen molar-refractivity contribution in [2.45, 2.75) is 19.4 Å². The number of amides is 2. The van der Waals surface area contributed by atoms with Crippen LogP contribution < -0.4 is 10.9 Å². The molecule has 2 N–H and O–H groups in total. The minimum absolute atomic E-state index is 0.0822. The molecule has 0 fully saturated rings. The maximum Gasteiger partial charge on any atom is 0.407 e. The Hall–Kier alpha value is -2.61. The van der Waals surface area contributed by atoms with E-state index in [1.54, 1.807) is 6.20 Å². The van der Waals surface area contributed by atoms with E-state index in [1.165, 1.54) is 22.6 Å². The zero-order valence-corrected chi connectivity index (χ0v) is 16.5. The Kier molecular flexibility index (Phi) is 5.65. The molecule has 0 atom stereocenters. The Morgan fingerprint density at radius 2 is 1.89 bits per heavy atom. The summed E-state index contributed by atoms with van der Waals surface area (Å²) in [6, 6.07) is 7.48. The fourth-order valence-electron chi connectivity index (χ4n) is 3.28. The van der Waals surface area contributed by atoms with E-state index in [0.717, 1.165) is 16.7 Å². The van der Waals surface area contributed by atoms with Crippen molar-refractivity contribution >= 4 is 27.9 Å². The van der Waals surface area contributed by atoms with Crippen molar-refractivity contribution in [2.24, 2.45) is 0 Å². The van der Waals surface area contributed by atoms with Crippen molar-refractivity contribution in [3.8, 4) is 0 Å². The van der Waals surface area contributed by atoms with E-state index < -0.39 is 12.0 Å². The van der Waals surface area contributed by atoms with Gasteiger partial charge < -0.3 is 19.9 Å². The van der Waals surface area contributed by atoms with E-state index in [0.29, 0.717) is 36.9 Å². The van der Waals surface area contributed by atoms with Gasteiger partial charge in [0.1, 0.15) is 5.56 Å². The number of aromatic nitrogens is 1. The predicted molar refractivity (Wildman–Crippen MR) is 104 cm³/mol. The molecule has 0 unspecified atom stereocenters. The zero-order valence-electron chi connectivity index (χ0n) is 14.9. The summed E-state index contributed by atoms with van der Waals surface area (Å²) in [5.41, 5.74) is 2.89. The molecule has 0 aliphatic carbocycles. The number of pyridine rings is 1. The Morgan fingerprint density at radius 1 is 1.19 bits per heavy atom. The number of fused-ring (bicyclic) bond motifs is 1. The second-order valence-electron chi connectivity index (χ2n) is 6.46. The van der Waals surface area contributed by atoms with E-state index in [1.807, 2.05) is 18.2 Å². The SMILES string of the molecule is CNC(=O)c1cc(Br)cn(Cc2ccc3c(c2)CCN(C(=O)O)CC3)c1=O. The van der Waals surface area contributed by atoms with Gasteiger partial charge in [-0.1, -0.05) is 18.2 Å². The molecule has 0 bridgehead atoms. The largest absolute Gasteiger partial charge is 0.465 e. The summed E-state index contributed by atoms with van der Waals surface area (Å²) in [6.07, 6.45) is 2.09. The molecule has 0 spiro atoms. The van der Waals surface area contributed by atoms with Crippen LogP contribution in [0, 0.1) is 0 Å². The molecule has 2 aromatic rings. The number of carbonyl (C=O) groups excluding carboxylic acids is 1. The molecule has 2 amide bonds. The van der Waals surface area contributed by atoms with Crippen molar-refractivity contribution < 1.29 is 14.7 Å². The first-order valence-corrected chi connectivity index (χ1v) is 9.39. The van der Waals surface area contributed by atoms with Crippen LogP contribution in [0.25, 0.3) is 0 Å². The summed E-state index contributed by atoms with van der Waals surface area (Å²) >= 11 is 3.35. The third-order valence-electron chi connectivity index (χ3n) is 4.72. The molecular weight excluding hydrogens is 414 g/mol. The molecule has 0 saturated carbocycles. The van der Waals surface area contributed by atoms with Gasteiger partial charge in [0.15, 0.2) is 0 Å². The molecule has 0 saturated heterocycles. The normalized spacial score (nSPS) is 13.6. The standard InChI is InChI=1S/C19H20BrN3O4/c1-21-17(24)16-9-15(20)11-23(18(16)25)10-12-2-3-13-4-6-22(19(26)27)7-5-14(13)8-12/h2-3,8-9,11H,4-7,10H2,1H3,(H,21,24)(H,26,27). The molecule has 2 heterocycles. The van der Waals surface area contributed by atoms with Gasteiger partial charge >= 0.3 is 6.09 Å². The lowest BCUT2D eigenvalue weighted by molar-refractivity contribution is 0.0960. The highest BCUT2D eigenvalue weighted by Crippen LogP contribution is 2.19. The average Bonchev–Trinajstić information content (AvgIpc) is 2.86. The molecule has 27 heavy (non-hydrogen) atoms. The van der Waals surface area contributed by atoms with E-state index in [9.17, 15) is 19.5 Å². The third-order valence-corrected chi connectivity index (χ3v) is 5.15. The van der Waals surface area contributed by atoms with Crippen LogP contribution in [0.1, 0.15) is 27.0 Å². The van der Waals surface area contributed by atoms with Crippen molar-refractivity contribution in [3.63, 3.8) is 0 Å². The van der Waals surface area contributed by atoms with Gasteiger partial charge in [0, 0.05) is 30.8 Å². The first kappa shape index (κ1) is 19.2. The summed E-state index contributed by atoms with van der Waals surface area (Å²) in [6.45, 7) is 1.28. The molecule has 1 aliphatic heterocycles. The van der Waals surface area contributed by atoms with Crippen LogP contribution in [0.4, 0.5) is 4.79 Å². The van der Waals surface area contributed by atoms with Crippen LogP contribution >= 0.6 is 15.9 Å². The molecule has 0 radical (unpaired) electrons. The fourth-order valence-corrected chi connectivity index (χ4v) is 3.75. The number of halogens is 1. The summed E-state index contributed by atoms with van der Waals surface area (Å²) in [5.74, 6) is -0.425. The highest BCUT2D eigenvalue weighted by atomic mass is 79.9. The van der Waals surface area contributed by atoms with Gasteiger partial charge in [-0.2, -0.15) is 0 Å². The minimum Gasteiger partial charge on any atom is -0.465 e. The quantitative estimate of drug-likeness (QED) is 0.774. The number of nitrogens with zero attached hydrogens (tertiary/aromatic N) is 2. The maximum absolute atomic E-state index is 12.6. The molecule has 3 rings (SSSR count). The van der Waals surface area contributed by atoms with Gasteiger partial charge in [0.2, 0.25) is 0 Å².